The van der Waals surface area contributed by atoms with Gasteiger partial charge < -0.3 is 14.8 Å². The summed E-state index contributed by atoms with van der Waals surface area (Å²) in [5.41, 5.74) is 0.764. The normalized spacial score (nSPS) is 10.9. The summed E-state index contributed by atoms with van der Waals surface area (Å²) in [6.07, 6.45) is 3.06. The minimum atomic E-state index is -0.283. The largest absolute Gasteiger partial charge is 0.493 e. The molecule has 1 aromatic carbocycles. The molecule has 29 heavy (non-hydrogen) atoms. The highest BCUT2D eigenvalue weighted by molar-refractivity contribution is 6.32. The van der Waals surface area contributed by atoms with Crippen LogP contribution in [0.2, 0.25) is 5.02 Å². The van der Waals surface area contributed by atoms with Gasteiger partial charge in [0.2, 0.25) is 0 Å². The number of pyridine rings is 1. The van der Waals surface area contributed by atoms with Crippen LogP contribution in [-0.2, 0) is 6.54 Å². The van der Waals surface area contributed by atoms with Crippen molar-refractivity contribution in [2.24, 2.45) is 0 Å². The average molecular weight is 419 g/mol. The minimum Gasteiger partial charge on any atom is -0.493 e. The Hall–Kier alpha value is -3.00. The summed E-state index contributed by atoms with van der Waals surface area (Å²) in [7, 11) is 1.50. The molecule has 0 radical (unpaired) electrons. The van der Waals surface area contributed by atoms with E-state index in [1.807, 2.05) is 13.0 Å². The van der Waals surface area contributed by atoms with Gasteiger partial charge in [-0.25, -0.2) is 9.48 Å². The lowest BCUT2D eigenvalue weighted by Gasteiger charge is -2.13. The van der Waals surface area contributed by atoms with Crippen molar-refractivity contribution < 1.29 is 14.3 Å². The zero-order valence-corrected chi connectivity index (χ0v) is 17.1. The second-order valence-electron chi connectivity index (χ2n) is 6.38. The predicted molar refractivity (Wildman–Crippen MR) is 110 cm³/mol. The number of aromatic nitrogens is 3. The number of rotatable bonds is 9. The first-order valence-corrected chi connectivity index (χ1v) is 9.75. The van der Waals surface area contributed by atoms with E-state index in [-0.39, 0.29) is 11.6 Å². The number of ether oxygens (including phenoxy) is 2. The molecule has 2 aromatic heterocycles. The van der Waals surface area contributed by atoms with Gasteiger partial charge in [-0.3, -0.25) is 9.20 Å². The molecule has 0 aliphatic rings. The number of nitrogens with one attached hydrogen (secondary N) is 1. The molecule has 1 amide bonds. The van der Waals surface area contributed by atoms with Crippen molar-refractivity contribution in [2.45, 2.75) is 26.3 Å². The molecule has 0 saturated heterocycles. The Bertz CT molecular complexity index is 1060. The zero-order valence-electron chi connectivity index (χ0n) is 16.4. The van der Waals surface area contributed by atoms with E-state index in [1.165, 1.54) is 16.2 Å². The van der Waals surface area contributed by atoms with Crippen LogP contribution in [0.4, 0.5) is 0 Å². The van der Waals surface area contributed by atoms with Crippen LogP contribution in [0.25, 0.3) is 5.65 Å². The third-order valence-electron chi connectivity index (χ3n) is 4.26. The molecule has 0 saturated carbocycles. The number of benzene rings is 1. The number of methoxy groups -OCH3 is 1. The van der Waals surface area contributed by atoms with E-state index in [9.17, 15) is 9.59 Å². The van der Waals surface area contributed by atoms with Crippen molar-refractivity contribution in [3.05, 3.63) is 57.6 Å². The number of aryl methyl sites for hydroxylation is 1. The quantitative estimate of drug-likeness (QED) is 0.540. The predicted octanol–water partition coefficient (Wildman–Crippen LogP) is 2.77. The molecule has 3 aromatic rings. The van der Waals surface area contributed by atoms with E-state index in [0.717, 1.165) is 6.42 Å². The smallest absolute Gasteiger partial charge is 0.350 e. The van der Waals surface area contributed by atoms with Crippen molar-refractivity contribution in [3.8, 4) is 11.5 Å². The van der Waals surface area contributed by atoms with Gasteiger partial charge in [-0.15, -0.1) is 5.10 Å². The van der Waals surface area contributed by atoms with Crippen molar-refractivity contribution in [1.29, 1.82) is 0 Å². The Morgan fingerprint density at radius 3 is 2.86 bits per heavy atom. The van der Waals surface area contributed by atoms with Gasteiger partial charge in [0.25, 0.3) is 5.91 Å². The molecule has 0 atom stereocenters. The van der Waals surface area contributed by atoms with E-state index < -0.39 is 0 Å². The fraction of sp³-hybridized carbons (Fsp3) is 0.350. The number of carbonyl (C=O) groups is 1. The van der Waals surface area contributed by atoms with Crippen molar-refractivity contribution in [2.75, 3.05) is 20.3 Å². The molecule has 0 aliphatic carbocycles. The molecular weight excluding hydrogens is 396 g/mol. The van der Waals surface area contributed by atoms with Gasteiger partial charge in [0, 0.05) is 24.8 Å². The Labute approximate surface area is 173 Å². The van der Waals surface area contributed by atoms with Gasteiger partial charge in [0.05, 0.1) is 18.7 Å². The van der Waals surface area contributed by atoms with Crippen LogP contribution in [0.5, 0.6) is 11.5 Å². The van der Waals surface area contributed by atoms with Crippen LogP contribution in [0.15, 0.2) is 41.3 Å². The van der Waals surface area contributed by atoms with Gasteiger partial charge >= 0.3 is 5.69 Å². The molecule has 0 aliphatic heterocycles. The van der Waals surface area contributed by atoms with Crippen molar-refractivity contribution >= 4 is 23.2 Å². The summed E-state index contributed by atoms with van der Waals surface area (Å²) < 4.78 is 13.8. The van der Waals surface area contributed by atoms with Gasteiger partial charge in [-0.1, -0.05) is 24.6 Å². The van der Waals surface area contributed by atoms with Crippen molar-refractivity contribution in [1.82, 2.24) is 19.5 Å². The van der Waals surface area contributed by atoms with E-state index in [2.05, 4.69) is 10.4 Å². The average Bonchev–Trinajstić information content (AvgIpc) is 3.05. The van der Waals surface area contributed by atoms with Crippen LogP contribution >= 0.6 is 11.6 Å². The van der Waals surface area contributed by atoms with Crippen LogP contribution in [0.1, 0.15) is 30.1 Å². The van der Waals surface area contributed by atoms with Crippen molar-refractivity contribution in [3.63, 3.8) is 0 Å². The standard InChI is InChI=1S/C20H23ClN4O4/c1-3-11-29-18-15(21)12-14(13-16(18)28-2)19(26)22-8-6-10-25-20(27)24-9-5-4-7-17(24)23-25/h4-5,7,9,12-13H,3,6,8,10-11H2,1-2H3,(H,22,26). The molecule has 3 rings (SSSR count). The van der Waals surface area contributed by atoms with Crippen LogP contribution < -0.4 is 20.5 Å². The number of nitrogens with zero attached hydrogens (tertiary/aromatic N) is 3. The first-order valence-electron chi connectivity index (χ1n) is 9.38. The molecule has 0 fully saturated rings. The summed E-state index contributed by atoms with van der Waals surface area (Å²) in [6.45, 7) is 3.27. The number of halogens is 1. The highest BCUT2D eigenvalue weighted by Gasteiger charge is 2.16. The third-order valence-corrected chi connectivity index (χ3v) is 4.54. The maximum atomic E-state index is 12.5. The fourth-order valence-corrected chi connectivity index (χ4v) is 3.11. The SMILES string of the molecule is CCCOc1c(Cl)cc(C(=O)NCCCn2nc3ccccn3c2=O)cc1OC. The summed E-state index contributed by atoms with van der Waals surface area (Å²) >= 11 is 6.26. The summed E-state index contributed by atoms with van der Waals surface area (Å²) in [6, 6.07) is 8.52. The number of amides is 1. The molecule has 154 valence electrons. The maximum absolute atomic E-state index is 12.5. The topological polar surface area (TPSA) is 86.9 Å². The fourth-order valence-electron chi connectivity index (χ4n) is 2.84. The third kappa shape index (κ3) is 4.71. The molecule has 8 nitrogen and oxygen atoms in total. The summed E-state index contributed by atoms with van der Waals surface area (Å²) in [5.74, 6) is 0.556. The number of fused-ring (bicyclic) bond motifs is 1. The lowest BCUT2D eigenvalue weighted by molar-refractivity contribution is 0.0952. The van der Waals surface area contributed by atoms with E-state index >= 15 is 0 Å². The Morgan fingerprint density at radius 1 is 1.31 bits per heavy atom. The first kappa shape index (κ1) is 20.7. The minimum absolute atomic E-state index is 0.203. The number of carbonyl (C=O) groups excluding carboxylic acids is 1. The Morgan fingerprint density at radius 2 is 2.14 bits per heavy atom. The number of hydrogen-bond donors (Lipinski definition) is 1. The summed E-state index contributed by atoms with van der Waals surface area (Å²) in [5, 5.41) is 7.40. The Kier molecular flexibility index (Phi) is 6.77. The van der Waals surface area contributed by atoms with E-state index in [1.54, 1.807) is 30.5 Å². The molecular formula is C20H23ClN4O4. The van der Waals surface area contributed by atoms with Gasteiger partial charge in [0.1, 0.15) is 0 Å². The molecule has 0 spiro atoms. The maximum Gasteiger partial charge on any atom is 0.350 e. The first-order chi connectivity index (χ1) is 14.0. The molecule has 0 unspecified atom stereocenters. The van der Waals surface area contributed by atoms with Crippen LogP contribution in [0, 0.1) is 0 Å². The van der Waals surface area contributed by atoms with Gasteiger partial charge in [-0.2, -0.15) is 0 Å². The van der Waals surface area contributed by atoms with Gasteiger partial charge in [-0.05, 0) is 37.1 Å². The second kappa shape index (κ2) is 9.47. The van der Waals surface area contributed by atoms with Crippen LogP contribution in [0.3, 0.4) is 0 Å². The zero-order chi connectivity index (χ0) is 20.8. The lowest BCUT2D eigenvalue weighted by atomic mass is 10.2. The van der Waals surface area contributed by atoms with E-state index in [4.69, 9.17) is 21.1 Å². The van der Waals surface area contributed by atoms with Gasteiger partial charge in [0.15, 0.2) is 17.1 Å². The Balaban J connectivity index is 1.59. The van der Waals surface area contributed by atoms with E-state index in [0.29, 0.717) is 53.8 Å². The lowest BCUT2D eigenvalue weighted by Crippen LogP contribution is -2.27. The van der Waals surface area contributed by atoms with Crippen LogP contribution in [-0.4, -0.2) is 40.3 Å². The second-order valence-corrected chi connectivity index (χ2v) is 6.79. The number of hydrogen-bond acceptors (Lipinski definition) is 5. The highest BCUT2D eigenvalue weighted by Crippen LogP contribution is 2.36. The molecule has 9 heteroatoms. The highest BCUT2D eigenvalue weighted by atomic mass is 35.5. The monoisotopic (exact) mass is 418 g/mol. The molecule has 1 N–H and O–H groups in total. The molecule has 0 bridgehead atoms. The summed E-state index contributed by atoms with van der Waals surface area (Å²) in [4.78, 5) is 24.7. The molecule has 2 heterocycles.